The molecule has 0 saturated heterocycles. The number of allylic oxidation sites excluding steroid dienone is 4. The Morgan fingerprint density at radius 1 is 0.800 bits per heavy atom. The molecule has 2 atom stereocenters. The van der Waals surface area contributed by atoms with Crippen LogP contribution in [0, 0.1) is 12.8 Å². The minimum atomic E-state index is -3.55. The third kappa shape index (κ3) is 6.05. The topological polar surface area (TPSA) is 58.2 Å². The van der Waals surface area contributed by atoms with E-state index in [1.54, 1.807) is 12.1 Å². The van der Waals surface area contributed by atoms with Crippen molar-refractivity contribution in [3.8, 4) is 0 Å². The van der Waals surface area contributed by atoms with Crippen LogP contribution in [-0.4, -0.2) is 20.5 Å². The monoisotopic (exact) mass is 580 g/mol. The van der Waals surface area contributed by atoms with Gasteiger partial charge in [-0.05, 0) is 80.5 Å². The SMILES string of the molecule is C[C]1C(C)=C(C)C(C)=C1c1ccccc1CN[C@@H]1CCCC[C@H]1NS(=O)(=O)c1ccc(C)cc1.[Rh]. The predicted octanol–water partition coefficient (Wildman–Crippen LogP) is 6.09. The summed E-state index contributed by atoms with van der Waals surface area (Å²) in [6.45, 7) is 11.5. The van der Waals surface area contributed by atoms with Crippen molar-refractivity contribution in [1.29, 1.82) is 0 Å². The molecule has 0 spiro atoms. The Hall–Kier alpha value is -1.59. The van der Waals surface area contributed by atoms with E-state index in [2.05, 4.69) is 62.0 Å². The molecule has 4 nitrogen and oxygen atoms in total. The largest absolute Gasteiger partial charge is 0.308 e. The van der Waals surface area contributed by atoms with Crippen LogP contribution in [-0.2, 0) is 36.0 Å². The maximum absolute atomic E-state index is 13.0. The molecule has 2 N–H and O–H groups in total. The molecule has 6 heteroatoms. The molecule has 1 fully saturated rings. The quantitative estimate of drug-likeness (QED) is 0.390. The summed E-state index contributed by atoms with van der Waals surface area (Å²) in [4.78, 5) is 0.334. The fourth-order valence-electron chi connectivity index (χ4n) is 5.28. The summed E-state index contributed by atoms with van der Waals surface area (Å²) >= 11 is 0. The smallest absolute Gasteiger partial charge is 0.240 e. The molecule has 0 amide bonds. The van der Waals surface area contributed by atoms with Gasteiger partial charge in [-0.2, -0.15) is 0 Å². The van der Waals surface area contributed by atoms with Gasteiger partial charge in [0.2, 0.25) is 10.0 Å². The van der Waals surface area contributed by atoms with E-state index in [0.717, 1.165) is 31.2 Å². The minimum absolute atomic E-state index is 0. The van der Waals surface area contributed by atoms with E-state index in [9.17, 15) is 8.42 Å². The van der Waals surface area contributed by atoms with Gasteiger partial charge in [0.25, 0.3) is 0 Å². The summed E-state index contributed by atoms with van der Waals surface area (Å²) in [5, 5.41) is 3.71. The molecule has 190 valence electrons. The molecule has 2 aromatic carbocycles. The van der Waals surface area contributed by atoms with E-state index in [1.807, 2.05) is 19.1 Å². The second-order valence-electron chi connectivity index (χ2n) is 9.84. The first-order valence-electron chi connectivity index (χ1n) is 12.3. The van der Waals surface area contributed by atoms with Crippen LogP contribution in [0.3, 0.4) is 0 Å². The van der Waals surface area contributed by atoms with E-state index in [-0.39, 0.29) is 31.6 Å². The number of benzene rings is 2. The standard InChI is InChI=1S/C29H37N2O2S.Rh/c1-19-14-16-25(17-15-19)34(32,33)31-28-13-9-8-12-27(28)30-18-24-10-6-7-11-26(24)29-22(4)20(2)21(3)23(29)5;/h6-7,10-11,14-17,27-28,30-31H,8-9,12-13,18H2,1-5H3;/t27-,28-;/m1./s1. The van der Waals surface area contributed by atoms with Crippen molar-refractivity contribution in [1.82, 2.24) is 10.0 Å². The van der Waals surface area contributed by atoms with Gasteiger partial charge in [0, 0.05) is 44.0 Å². The van der Waals surface area contributed by atoms with E-state index in [0.29, 0.717) is 11.4 Å². The molecular formula is C29H37N2O2RhS. The van der Waals surface area contributed by atoms with E-state index < -0.39 is 10.0 Å². The number of rotatable bonds is 7. The number of nitrogens with one attached hydrogen (secondary N) is 2. The molecule has 0 heterocycles. The molecule has 2 radical (unpaired) electrons. The van der Waals surface area contributed by atoms with Crippen LogP contribution in [0.4, 0.5) is 0 Å². The first-order valence-corrected chi connectivity index (χ1v) is 13.8. The molecule has 35 heavy (non-hydrogen) atoms. The fourth-order valence-corrected chi connectivity index (χ4v) is 6.59. The third-order valence-corrected chi connectivity index (χ3v) is 9.19. The number of hydrogen-bond acceptors (Lipinski definition) is 3. The molecule has 2 aromatic rings. The Balaban J connectivity index is 0.00000342. The summed E-state index contributed by atoms with van der Waals surface area (Å²) in [7, 11) is -3.55. The zero-order valence-corrected chi connectivity index (χ0v) is 23.8. The molecular weight excluding hydrogens is 543 g/mol. The number of hydrogen-bond donors (Lipinski definition) is 2. The maximum atomic E-state index is 13.0. The fraction of sp³-hybridized carbons (Fsp3) is 0.414. The predicted molar refractivity (Wildman–Crippen MR) is 141 cm³/mol. The van der Waals surface area contributed by atoms with Gasteiger partial charge in [0.15, 0.2) is 0 Å². The van der Waals surface area contributed by atoms with Crippen molar-refractivity contribution >= 4 is 15.6 Å². The van der Waals surface area contributed by atoms with E-state index in [1.165, 1.54) is 39.3 Å². The molecule has 0 bridgehead atoms. The molecule has 0 unspecified atom stereocenters. The van der Waals surface area contributed by atoms with Gasteiger partial charge in [-0.1, -0.05) is 67.3 Å². The van der Waals surface area contributed by atoms with Gasteiger partial charge in [-0.3, -0.25) is 0 Å². The molecule has 1 saturated carbocycles. The van der Waals surface area contributed by atoms with Crippen molar-refractivity contribution in [3.63, 3.8) is 0 Å². The Morgan fingerprint density at radius 3 is 2.06 bits per heavy atom. The van der Waals surface area contributed by atoms with Gasteiger partial charge in [0.05, 0.1) is 4.90 Å². The minimum Gasteiger partial charge on any atom is -0.308 e. The van der Waals surface area contributed by atoms with Crippen LogP contribution in [0.2, 0.25) is 0 Å². The molecule has 0 aliphatic heterocycles. The average Bonchev–Trinajstić information content (AvgIpc) is 3.01. The normalized spacial score (nSPS) is 21.4. The average molecular weight is 581 g/mol. The number of aryl methyl sites for hydroxylation is 1. The van der Waals surface area contributed by atoms with E-state index >= 15 is 0 Å². The Bertz CT molecular complexity index is 1220. The van der Waals surface area contributed by atoms with Gasteiger partial charge >= 0.3 is 0 Å². The summed E-state index contributed by atoms with van der Waals surface area (Å²) < 4.78 is 29.1. The Labute approximate surface area is 224 Å². The van der Waals surface area contributed by atoms with Gasteiger partial charge in [-0.25, -0.2) is 13.1 Å². The summed E-state index contributed by atoms with van der Waals surface area (Å²) in [5.74, 6) is 1.35. The molecule has 4 rings (SSSR count). The Morgan fingerprint density at radius 2 is 1.43 bits per heavy atom. The van der Waals surface area contributed by atoms with Crippen molar-refractivity contribution in [2.24, 2.45) is 0 Å². The third-order valence-electron chi connectivity index (χ3n) is 7.68. The zero-order valence-electron chi connectivity index (χ0n) is 21.4. The number of sulfonamides is 1. The zero-order chi connectivity index (χ0) is 24.5. The van der Waals surface area contributed by atoms with Crippen molar-refractivity contribution in [2.75, 3.05) is 0 Å². The maximum Gasteiger partial charge on any atom is 0.240 e. The van der Waals surface area contributed by atoms with Crippen molar-refractivity contribution in [2.45, 2.75) is 83.8 Å². The van der Waals surface area contributed by atoms with Crippen LogP contribution < -0.4 is 10.0 Å². The van der Waals surface area contributed by atoms with E-state index in [4.69, 9.17) is 0 Å². The van der Waals surface area contributed by atoms with Gasteiger partial charge in [0.1, 0.15) is 0 Å². The van der Waals surface area contributed by atoms with Crippen molar-refractivity contribution < 1.29 is 27.9 Å². The first-order chi connectivity index (χ1) is 16.2. The van der Waals surface area contributed by atoms with Gasteiger partial charge in [-0.15, -0.1) is 0 Å². The van der Waals surface area contributed by atoms with Gasteiger partial charge < -0.3 is 5.32 Å². The summed E-state index contributed by atoms with van der Waals surface area (Å²) in [6, 6.07) is 15.7. The molecule has 0 aromatic heterocycles. The van der Waals surface area contributed by atoms with Crippen LogP contribution >= 0.6 is 0 Å². The van der Waals surface area contributed by atoms with Crippen LogP contribution in [0.25, 0.3) is 5.57 Å². The first kappa shape index (κ1) is 28.0. The second kappa shape index (κ2) is 11.6. The second-order valence-corrected chi connectivity index (χ2v) is 11.6. The Kier molecular flexibility index (Phi) is 9.31. The van der Waals surface area contributed by atoms with Crippen LogP contribution in [0.15, 0.2) is 70.1 Å². The van der Waals surface area contributed by atoms with Crippen molar-refractivity contribution in [3.05, 3.63) is 87.9 Å². The molecule has 2 aliphatic rings. The summed E-state index contributed by atoms with van der Waals surface area (Å²) in [5.41, 5.74) is 9.01. The van der Waals surface area contributed by atoms with Crippen LogP contribution in [0.5, 0.6) is 0 Å². The van der Waals surface area contributed by atoms with Crippen LogP contribution in [0.1, 0.15) is 70.1 Å². The molecule has 2 aliphatic carbocycles. The summed E-state index contributed by atoms with van der Waals surface area (Å²) in [6.07, 6.45) is 3.97.